The molecule has 0 saturated carbocycles. The van der Waals surface area contributed by atoms with Crippen molar-refractivity contribution < 1.29 is 13.2 Å². The maximum Gasteiger partial charge on any atom is 0.253 e. The number of benzene rings is 2. The number of aliphatic imine (C=N–C) groups is 1. The fourth-order valence-corrected chi connectivity index (χ4v) is 3.25. The number of guanidine groups is 1. The first kappa shape index (κ1) is 25.9. The molecule has 0 radical (unpaired) electrons. The van der Waals surface area contributed by atoms with Crippen LogP contribution in [0.15, 0.2) is 58.4 Å². The summed E-state index contributed by atoms with van der Waals surface area (Å²) in [6, 6.07) is 14.0. The van der Waals surface area contributed by atoms with E-state index in [1.807, 2.05) is 12.1 Å². The molecule has 8 nitrogen and oxygen atoms in total. The van der Waals surface area contributed by atoms with Crippen LogP contribution in [0.5, 0.6) is 0 Å². The standard InChI is InChI=1S/C20H27N5O3S.HI/c1-21-20(23-13-15-5-9-17(10-6-15)19(26)25(3)4)24-14-16-7-11-18(12-8-16)29(27,28)22-2;/h5-12,22H,13-14H2,1-4H3,(H2,21,23,24);1H. The highest BCUT2D eigenvalue weighted by Gasteiger charge is 2.10. The van der Waals surface area contributed by atoms with E-state index >= 15 is 0 Å². The van der Waals surface area contributed by atoms with Gasteiger partial charge >= 0.3 is 0 Å². The number of halogens is 1. The quantitative estimate of drug-likeness (QED) is 0.280. The highest BCUT2D eigenvalue weighted by atomic mass is 127. The summed E-state index contributed by atoms with van der Waals surface area (Å²) in [7, 11) is 3.07. The first-order valence-corrected chi connectivity index (χ1v) is 10.5. The number of carbonyl (C=O) groups is 1. The van der Waals surface area contributed by atoms with E-state index in [9.17, 15) is 13.2 Å². The van der Waals surface area contributed by atoms with Crippen LogP contribution in [0, 0.1) is 0 Å². The van der Waals surface area contributed by atoms with Crippen LogP contribution in [0.25, 0.3) is 0 Å². The van der Waals surface area contributed by atoms with Crippen molar-refractivity contribution in [2.75, 3.05) is 28.2 Å². The molecule has 1 amide bonds. The Labute approximate surface area is 195 Å². The Morgan fingerprint density at radius 2 is 1.40 bits per heavy atom. The van der Waals surface area contributed by atoms with Crippen molar-refractivity contribution >= 4 is 45.9 Å². The summed E-state index contributed by atoms with van der Waals surface area (Å²) >= 11 is 0. The molecule has 0 heterocycles. The Kier molecular flexibility index (Phi) is 10.2. The summed E-state index contributed by atoms with van der Waals surface area (Å²) in [5, 5.41) is 6.40. The van der Waals surface area contributed by atoms with Gasteiger partial charge in [-0.25, -0.2) is 13.1 Å². The molecule has 0 aromatic heterocycles. The molecule has 0 atom stereocenters. The van der Waals surface area contributed by atoms with Crippen LogP contribution >= 0.6 is 24.0 Å². The maximum absolute atomic E-state index is 11.9. The Morgan fingerprint density at radius 1 is 0.933 bits per heavy atom. The minimum Gasteiger partial charge on any atom is -0.352 e. The molecular weight excluding hydrogens is 517 g/mol. The van der Waals surface area contributed by atoms with Crippen LogP contribution in [0.3, 0.4) is 0 Å². The third-order valence-electron chi connectivity index (χ3n) is 4.25. The van der Waals surface area contributed by atoms with Crippen molar-refractivity contribution in [2.45, 2.75) is 18.0 Å². The van der Waals surface area contributed by atoms with Crippen LogP contribution < -0.4 is 15.4 Å². The molecule has 0 aliphatic carbocycles. The zero-order valence-corrected chi connectivity index (χ0v) is 20.6. The van der Waals surface area contributed by atoms with Crippen LogP contribution in [0.4, 0.5) is 0 Å². The number of hydrogen-bond acceptors (Lipinski definition) is 4. The lowest BCUT2D eigenvalue weighted by Crippen LogP contribution is -2.36. The van der Waals surface area contributed by atoms with Crippen LogP contribution in [0.1, 0.15) is 21.5 Å². The van der Waals surface area contributed by atoms with Gasteiger partial charge in [-0.05, 0) is 42.4 Å². The zero-order valence-electron chi connectivity index (χ0n) is 17.5. The number of amides is 1. The summed E-state index contributed by atoms with van der Waals surface area (Å²) in [6.45, 7) is 1.05. The summed E-state index contributed by atoms with van der Waals surface area (Å²) in [6.07, 6.45) is 0. The van der Waals surface area contributed by atoms with Gasteiger partial charge in [0.05, 0.1) is 4.90 Å². The Balaban J connectivity index is 0.00000450. The lowest BCUT2D eigenvalue weighted by molar-refractivity contribution is 0.0827. The molecule has 0 unspecified atom stereocenters. The molecule has 2 aromatic rings. The molecule has 0 aliphatic heterocycles. The van der Waals surface area contributed by atoms with Crippen LogP contribution in [-0.2, 0) is 23.1 Å². The number of nitrogens with one attached hydrogen (secondary N) is 3. The van der Waals surface area contributed by atoms with E-state index < -0.39 is 10.0 Å². The molecule has 0 fully saturated rings. The minimum atomic E-state index is -3.43. The van der Waals surface area contributed by atoms with Crippen molar-refractivity contribution in [2.24, 2.45) is 4.99 Å². The number of rotatable bonds is 7. The minimum absolute atomic E-state index is 0. The summed E-state index contributed by atoms with van der Waals surface area (Å²) in [4.78, 5) is 17.9. The van der Waals surface area contributed by atoms with Gasteiger partial charge in [0.15, 0.2) is 5.96 Å². The summed E-state index contributed by atoms with van der Waals surface area (Å²) in [5.74, 6) is 0.584. The van der Waals surface area contributed by atoms with Crippen molar-refractivity contribution in [1.29, 1.82) is 0 Å². The van der Waals surface area contributed by atoms with E-state index in [4.69, 9.17) is 0 Å². The predicted octanol–water partition coefficient (Wildman–Crippen LogP) is 1.78. The third kappa shape index (κ3) is 7.26. The highest BCUT2D eigenvalue weighted by Crippen LogP contribution is 2.10. The van der Waals surface area contributed by atoms with E-state index in [-0.39, 0.29) is 34.8 Å². The van der Waals surface area contributed by atoms with Gasteiger partial charge in [0.25, 0.3) is 5.91 Å². The van der Waals surface area contributed by atoms with E-state index in [1.54, 1.807) is 62.4 Å². The normalized spacial score (nSPS) is 11.4. The fourth-order valence-electron chi connectivity index (χ4n) is 2.52. The second kappa shape index (κ2) is 11.9. The van der Waals surface area contributed by atoms with Crippen molar-refractivity contribution in [3.8, 4) is 0 Å². The second-order valence-corrected chi connectivity index (χ2v) is 8.41. The number of sulfonamides is 1. The molecule has 2 rings (SSSR count). The number of carbonyl (C=O) groups excluding carboxylic acids is 1. The summed E-state index contributed by atoms with van der Waals surface area (Å²) < 4.78 is 25.8. The topological polar surface area (TPSA) is 103 Å². The first-order chi connectivity index (χ1) is 13.8. The van der Waals surface area contributed by atoms with E-state index in [1.165, 1.54) is 7.05 Å². The van der Waals surface area contributed by atoms with Gasteiger partial charge in [-0.1, -0.05) is 24.3 Å². The lowest BCUT2D eigenvalue weighted by atomic mass is 10.1. The average molecular weight is 545 g/mol. The SMILES string of the molecule is CN=C(NCc1ccc(C(=O)N(C)C)cc1)NCc1ccc(S(=O)(=O)NC)cc1.I. The van der Waals surface area contributed by atoms with Crippen molar-refractivity contribution in [3.05, 3.63) is 65.2 Å². The van der Waals surface area contributed by atoms with Gasteiger partial charge in [0.2, 0.25) is 10.0 Å². The molecule has 0 spiro atoms. The smallest absolute Gasteiger partial charge is 0.253 e. The monoisotopic (exact) mass is 545 g/mol. The molecular formula is C20H28IN5O3S. The molecule has 0 bridgehead atoms. The molecule has 2 aromatic carbocycles. The molecule has 30 heavy (non-hydrogen) atoms. The molecule has 0 aliphatic rings. The van der Waals surface area contributed by atoms with Gasteiger partial charge in [0, 0.05) is 39.8 Å². The second-order valence-electron chi connectivity index (χ2n) is 6.53. The van der Waals surface area contributed by atoms with Crippen molar-refractivity contribution in [1.82, 2.24) is 20.3 Å². The fraction of sp³-hybridized carbons (Fsp3) is 0.300. The molecule has 164 valence electrons. The Bertz CT molecular complexity index is 959. The number of hydrogen-bond donors (Lipinski definition) is 3. The van der Waals surface area contributed by atoms with Gasteiger partial charge in [0.1, 0.15) is 0 Å². The Morgan fingerprint density at radius 3 is 1.80 bits per heavy atom. The largest absolute Gasteiger partial charge is 0.352 e. The van der Waals surface area contributed by atoms with Crippen LogP contribution in [-0.4, -0.2) is 53.4 Å². The lowest BCUT2D eigenvalue weighted by Gasteiger charge is -2.13. The van der Waals surface area contributed by atoms with Gasteiger partial charge in [-0.2, -0.15) is 0 Å². The molecule has 10 heteroatoms. The van der Waals surface area contributed by atoms with Gasteiger partial charge in [-0.3, -0.25) is 9.79 Å². The van der Waals surface area contributed by atoms with E-state index in [0.29, 0.717) is 24.6 Å². The number of nitrogens with zero attached hydrogens (tertiary/aromatic N) is 2. The average Bonchev–Trinajstić information content (AvgIpc) is 2.74. The molecule has 3 N–H and O–H groups in total. The summed E-state index contributed by atoms with van der Waals surface area (Å²) in [5.41, 5.74) is 2.59. The van der Waals surface area contributed by atoms with E-state index in [0.717, 1.165) is 11.1 Å². The van der Waals surface area contributed by atoms with Crippen molar-refractivity contribution in [3.63, 3.8) is 0 Å². The Hall–Kier alpha value is -2.18. The van der Waals surface area contributed by atoms with E-state index in [2.05, 4.69) is 20.3 Å². The highest BCUT2D eigenvalue weighted by molar-refractivity contribution is 14.0. The van der Waals surface area contributed by atoms with Gasteiger partial charge in [-0.15, -0.1) is 24.0 Å². The maximum atomic E-state index is 11.9. The molecule has 0 saturated heterocycles. The van der Waals surface area contributed by atoms with Gasteiger partial charge < -0.3 is 15.5 Å². The zero-order chi connectivity index (χ0) is 21.4. The van der Waals surface area contributed by atoms with Crippen LogP contribution in [0.2, 0.25) is 0 Å². The third-order valence-corrected chi connectivity index (χ3v) is 5.68. The first-order valence-electron chi connectivity index (χ1n) is 9.04. The predicted molar refractivity (Wildman–Crippen MR) is 130 cm³/mol.